The van der Waals surface area contributed by atoms with E-state index in [1.165, 1.54) is 6.92 Å². The van der Waals surface area contributed by atoms with Crippen LogP contribution in [0.4, 0.5) is 0 Å². The van der Waals surface area contributed by atoms with Crippen LogP contribution in [0.25, 0.3) is 11.1 Å². The molecular weight excluding hydrogens is 404 g/mol. The zero-order chi connectivity index (χ0) is 20.9. The summed E-state index contributed by atoms with van der Waals surface area (Å²) in [5, 5.41) is 12.5. The number of rotatable bonds is 8. The first-order chi connectivity index (χ1) is 13.1. The molecule has 2 atom stereocenters. The lowest BCUT2D eigenvalue weighted by Gasteiger charge is -2.20. The highest BCUT2D eigenvalue weighted by molar-refractivity contribution is 7.89. The SMILES string of the molecule is C[C@H](N[C@@H](Cc1ccc(-c2ccccc2)cc1Cl)C(=O)O)C(=O)NS(C)(=O)=O. The number of hydrogen-bond donors (Lipinski definition) is 3. The average molecular weight is 425 g/mol. The fourth-order valence-corrected chi connectivity index (χ4v) is 3.41. The summed E-state index contributed by atoms with van der Waals surface area (Å²) < 4.78 is 24.1. The minimum absolute atomic E-state index is 0.0275. The Kier molecular flexibility index (Phi) is 7.17. The van der Waals surface area contributed by atoms with Crippen molar-refractivity contribution in [1.29, 1.82) is 0 Å². The summed E-state index contributed by atoms with van der Waals surface area (Å²) in [6, 6.07) is 12.8. The molecule has 0 saturated carbocycles. The number of halogens is 1. The molecule has 9 heteroatoms. The summed E-state index contributed by atoms with van der Waals surface area (Å²) in [5.74, 6) is -2.01. The standard InChI is InChI=1S/C19H21ClN2O5S/c1-12(18(23)22-28(2,26)27)21-17(19(24)25)11-15-9-8-14(10-16(15)20)13-6-4-3-5-7-13/h3-10,12,17,21H,11H2,1-2H3,(H,22,23)(H,24,25)/t12-,17-/m0/s1. The first kappa shape index (κ1) is 21.9. The molecule has 0 heterocycles. The van der Waals surface area contributed by atoms with Crippen molar-refractivity contribution in [2.24, 2.45) is 0 Å². The molecule has 2 aromatic carbocycles. The maximum Gasteiger partial charge on any atom is 0.321 e. The summed E-state index contributed by atoms with van der Waals surface area (Å²) in [6.07, 6.45) is 0.875. The Morgan fingerprint density at radius 2 is 1.75 bits per heavy atom. The molecule has 150 valence electrons. The highest BCUT2D eigenvalue weighted by Crippen LogP contribution is 2.26. The molecule has 2 rings (SSSR count). The maximum atomic E-state index is 11.9. The molecule has 0 fully saturated rings. The topological polar surface area (TPSA) is 113 Å². The third kappa shape index (κ3) is 6.33. The van der Waals surface area contributed by atoms with Gasteiger partial charge in [-0.2, -0.15) is 0 Å². The van der Waals surface area contributed by atoms with Gasteiger partial charge in [0.05, 0.1) is 12.3 Å². The number of amides is 1. The summed E-state index contributed by atoms with van der Waals surface area (Å²) >= 11 is 6.33. The smallest absolute Gasteiger partial charge is 0.321 e. The van der Waals surface area contributed by atoms with E-state index in [1.807, 2.05) is 41.1 Å². The molecular formula is C19H21ClN2O5S. The number of hydrogen-bond acceptors (Lipinski definition) is 5. The van der Waals surface area contributed by atoms with Gasteiger partial charge < -0.3 is 5.11 Å². The second-order valence-electron chi connectivity index (χ2n) is 6.39. The number of sulfonamides is 1. The normalized spacial score (nSPS) is 13.5. The van der Waals surface area contributed by atoms with E-state index in [2.05, 4.69) is 5.32 Å². The number of aliphatic carboxylic acids is 1. The van der Waals surface area contributed by atoms with Crippen LogP contribution in [-0.2, 0) is 26.0 Å². The fourth-order valence-electron chi connectivity index (χ4n) is 2.61. The molecule has 0 bridgehead atoms. The lowest BCUT2D eigenvalue weighted by Crippen LogP contribution is -2.51. The van der Waals surface area contributed by atoms with Crippen LogP contribution in [-0.4, -0.2) is 43.7 Å². The summed E-state index contributed by atoms with van der Waals surface area (Å²) in [5.41, 5.74) is 2.47. The number of carbonyl (C=O) groups excluding carboxylic acids is 1. The molecule has 0 aliphatic carbocycles. The quantitative estimate of drug-likeness (QED) is 0.597. The van der Waals surface area contributed by atoms with Crippen LogP contribution in [0.15, 0.2) is 48.5 Å². The van der Waals surface area contributed by atoms with E-state index >= 15 is 0 Å². The summed E-state index contributed by atoms with van der Waals surface area (Å²) in [7, 11) is -3.73. The first-order valence-electron chi connectivity index (χ1n) is 8.41. The minimum atomic E-state index is -3.73. The zero-order valence-corrected chi connectivity index (χ0v) is 16.9. The van der Waals surface area contributed by atoms with Crippen molar-refractivity contribution in [3.8, 4) is 11.1 Å². The third-order valence-electron chi connectivity index (χ3n) is 4.01. The zero-order valence-electron chi connectivity index (χ0n) is 15.3. The largest absolute Gasteiger partial charge is 0.480 e. The van der Waals surface area contributed by atoms with E-state index in [-0.39, 0.29) is 6.42 Å². The number of carbonyl (C=O) groups is 2. The van der Waals surface area contributed by atoms with Crippen LogP contribution in [0, 0.1) is 0 Å². The molecule has 0 aromatic heterocycles. The van der Waals surface area contributed by atoms with Gasteiger partial charge in [0.2, 0.25) is 15.9 Å². The van der Waals surface area contributed by atoms with E-state index in [1.54, 1.807) is 12.1 Å². The van der Waals surface area contributed by atoms with Crippen molar-refractivity contribution in [2.75, 3.05) is 6.26 Å². The van der Waals surface area contributed by atoms with Crippen molar-refractivity contribution >= 4 is 33.5 Å². The van der Waals surface area contributed by atoms with Crippen molar-refractivity contribution < 1.29 is 23.1 Å². The van der Waals surface area contributed by atoms with Crippen LogP contribution in [0.5, 0.6) is 0 Å². The van der Waals surface area contributed by atoms with Gasteiger partial charge in [-0.05, 0) is 36.1 Å². The molecule has 0 aliphatic rings. The van der Waals surface area contributed by atoms with E-state index < -0.39 is 34.0 Å². The van der Waals surface area contributed by atoms with Gasteiger partial charge in [0.1, 0.15) is 6.04 Å². The third-order valence-corrected chi connectivity index (χ3v) is 4.94. The average Bonchev–Trinajstić information content (AvgIpc) is 2.61. The summed E-state index contributed by atoms with van der Waals surface area (Å²) in [4.78, 5) is 23.5. The number of carboxylic acid groups (broad SMARTS) is 1. The Labute approximate surface area is 168 Å². The van der Waals surface area contributed by atoms with Gasteiger partial charge in [-0.3, -0.25) is 19.6 Å². The molecule has 2 aromatic rings. The molecule has 0 unspecified atom stereocenters. The van der Waals surface area contributed by atoms with Gasteiger partial charge in [-0.15, -0.1) is 0 Å². The van der Waals surface area contributed by atoms with E-state index in [4.69, 9.17) is 11.6 Å². The number of benzene rings is 2. The van der Waals surface area contributed by atoms with Gasteiger partial charge >= 0.3 is 5.97 Å². The van der Waals surface area contributed by atoms with Crippen LogP contribution < -0.4 is 10.0 Å². The second kappa shape index (κ2) is 9.18. The van der Waals surface area contributed by atoms with Crippen molar-refractivity contribution in [1.82, 2.24) is 10.0 Å². The second-order valence-corrected chi connectivity index (χ2v) is 8.55. The van der Waals surface area contributed by atoms with Crippen LogP contribution in [0.1, 0.15) is 12.5 Å². The molecule has 0 saturated heterocycles. The first-order valence-corrected chi connectivity index (χ1v) is 10.7. The molecule has 28 heavy (non-hydrogen) atoms. The highest BCUT2D eigenvalue weighted by Gasteiger charge is 2.25. The molecule has 0 aliphatic heterocycles. The van der Waals surface area contributed by atoms with Gasteiger partial charge in [0.15, 0.2) is 0 Å². The van der Waals surface area contributed by atoms with Crippen LogP contribution >= 0.6 is 11.6 Å². The fraction of sp³-hybridized carbons (Fsp3) is 0.263. The van der Waals surface area contributed by atoms with Crippen LogP contribution in [0.2, 0.25) is 5.02 Å². The summed E-state index contributed by atoms with van der Waals surface area (Å²) in [6.45, 7) is 1.39. The van der Waals surface area contributed by atoms with E-state index in [0.717, 1.165) is 17.4 Å². The lowest BCUT2D eigenvalue weighted by molar-refractivity contribution is -0.139. The lowest BCUT2D eigenvalue weighted by atomic mass is 10.00. The Morgan fingerprint density at radius 1 is 1.11 bits per heavy atom. The molecule has 0 radical (unpaired) electrons. The highest BCUT2D eigenvalue weighted by atomic mass is 35.5. The Hall–Kier alpha value is -2.42. The van der Waals surface area contributed by atoms with Crippen molar-refractivity contribution in [3.63, 3.8) is 0 Å². The van der Waals surface area contributed by atoms with E-state index in [0.29, 0.717) is 10.6 Å². The Bertz CT molecular complexity index is 964. The van der Waals surface area contributed by atoms with Gasteiger partial charge in [-0.1, -0.05) is 54.1 Å². The predicted molar refractivity (Wildman–Crippen MR) is 108 cm³/mol. The molecule has 3 N–H and O–H groups in total. The molecule has 1 amide bonds. The van der Waals surface area contributed by atoms with Crippen molar-refractivity contribution in [2.45, 2.75) is 25.4 Å². The van der Waals surface area contributed by atoms with E-state index in [9.17, 15) is 23.1 Å². The predicted octanol–water partition coefficient (Wildman–Crippen LogP) is 2.06. The Morgan fingerprint density at radius 3 is 2.29 bits per heavy atom. The van der Waals surface area contributed by atoms with Crippen LogP contribution in [0.3, 0.4) is 0 Å². The minimum Gasteiger partial charge on any atom is -0.480 e. The number of carboxylic acids is 1. The van der Waals surface area contributed by atoms with Crippen molar-refractivity contribution in [3.05, 3.63) is 59.1 Å². The maximum absolute atomic E-state index is 11.9. The van der Waals surface area contributed by atoms with Gasteiger partial charge in [-0.25, -0.2) is 8.42 Å². The Balaban J connectivity index is 2.14. The number of nitrogens with one attached hydrogen (secondary N) is 2. The van der Waals surface area contributed by atoms with Gasteiger partial charge in [0.25, 0.3) is 0 Å². The monoisotopic (exact) mass is 424 g/mol. The van der Waals surface area contributed by atoms with Gasteiger partial charge in [0, 0.05) is 5.02 Å². The molecule has 7 nitrogen and oxygen atoms in total. The molecule has 0 spiro atoms.